The van der Waals surface area contributed by atoms with Gasteiger partial charge in [0.2, 0.25) is 0 Å². The van der Waals surface area contributed by atoms with E-state index in [0.717, 1.165) is 12.1 Å². The van der Waals surface area contributed by atoms with Crippen LogP contribution in [0.4, 0.5) is 11.4 Å². The first-order valence-corrected chi connectivity index (χ1v) is 6.27. The Morgan fingerprint density at radius 1 is 0.792 bits per heavy atom. The molecule has 0 saturated carbocycles. The van der Waals surface area contributed by atoms with Crippen LogP contribution in [0, 0.1) is 20.2 Å². The van der Waals surface area contributed by atoms with Crippen molar-refractivity contribution in [3.63, 3.8) is 0 Å². The summed E-state index contributed by atoms with van der Waals surface area (Å²) in [6.07, 6.45) is 0. The van der Waals surface area contributed by atoms with Crippen LogP contribution in [-0.2, 0) is 0 Å². The minimum absolute atomic E-state index is 0.0712. The first-order valence-electron chi connectivity index (χ1n) is 6.27. The summed E-state index contributed by atoms with van der Waals surface area (Å²) in [4.78, 5) is 42.2. The lowest BCUT2D eigenvalue weighted by atomic mass is 9.98. The molecule has 2 rings (SSSR count). The van der Waals surface area contributed by atoms with Crippen molar-refractivity contribution in [2.45, 2.75) is 0 Å². The van der Waals surface area contributed by atoms with E-state index >= 15 is 0 Å². The second-order valence-electron chi connectivity index (χ2n) is 4.56. The van der Waals surface area contributed by atoms with E-state index in [-0.39, 0.29) is 16.7 Å². The van der Waals surface area contributed by atoms with Gasteiger partial charge in [0.15, 0.2) is 0 Å². The van der Waals surface area contributed by atoms with E-state index in [2.05, 4.69) is 0 Å². The van der Waals surface area contributed by atoms with Crippen LogP contribution in [0.25, 0.3) is 11.1 Å². The average molecular weight is 332 g/mol. The summed E-state index contributed by atoms with van der Waals surface area (Å²) in [7, 11) is 0. The van der Waals surface area contributed by atoms with Crippen LogP contribution in [-0.4, -0.2) is 32.0 Å². The molecule has 10 heteroatoms. The topological polar surface area (TPSA) is 161 Å². The molecule has 0 atom stereocenters. The van der Waals surface area contributed by atoms with Crippen molar-refractivity contribution in [3.8, 4) is 11.1 Å². The van der Waals surface area contributed by atoms with Gasteiger partial charge in [-0.3, -0.25) is 20.2 Å². The van der Waals surface area contributed by atoms with Crippen molar-refractivity contribution in [3.05, 3.63) is 67.8 Å². The summed E-state index contributed by atoms with van der Waals surface area (Å²) >= 11 is 0. The standard InChI is InChI=1S/C14H8N2O8/c17-13(18)8-3-1-7(2-4-8)9-5-6-10(14(19)20)12(16(23)24)11(9)15(21)22/h1-6H,(H,17,18)(H,19,20). The summed E-state index contributed by atoms with van der Waals surface area (Å²) in [5.41, 5.74) is -3.02. The van der Waals surface area contributed by atoms with Crippen molar-refractivity contribution in [2.75, 3.05) is 0 Å². The Hall–Kier alpha value is -3.82. The molecule has 24 heavy (non-hydrogen) atoms. The van der Waals surface area contributed by atoms with Crippen molar-refractivity contribution < 1.29 is 29.6 Å². The Bertz CT molecular complexity index is 873. The lowest BCUT2D eigenvalue weighted by Gasteiger charge is -2.06. The molecule has 0 heterocycles. The highest BCUT2D eigenvalue weighted by Crippen LogP contribution is 2.40. The van der Waals surface area contributed by atoms with E-state index in [1.165, 1.54) is 24.3 Å². The Balaban J connectivity index is 2.77. The third-order valence-corrected chi connectivity index (χ3v) is 3.19. The first kappa shape index (κ1) is 16.5. The number of aromatic carboxylic acids is 2. The van der Waals surface area contributed by atoms with Gasteiger partial charge in [-0.2, -0.15) is 0 Å². The van der Waals surface area contributed by atoms with Crippen LogP contribution in [0.2, 0.25) is 0 Å². The maximum Gasteiger partial charge on any atom is 0.361 e. The van der Waals surface area contributed by atoms with Crippen molar-refractivity contribution >= 4 is 23.3 Å². The maximum atomic E-state index is 11.3. The van der Waals surface area contributed by atoms with Crippen LogP contribution in [0.5, 0.6) is 0 Å². The van der Waals surface area contributed by atoms with Gasteiger partial charge in [0.25, 0.3) is 0 Å². The third kappa shape index (κ3) is 2.88. The Kier molecular flexibility index (Phi) is 4.22. The van der Waals surface area contributed by atoms with E-state index in [9.17, 15) is 29.8 Å². The summed E-state index contributed by atoms with van der Waals surface area (Å²) < 4.78 is 0. The lowest BCUT2D eigenvalue weighted by Crippen LogP contribution is -2.07. The highest BCUT2D eigenvalue weighted by molar-refractivity contribution is 5.97. The molecule has 0 aromatic heterocycles. The summed E-state index contributed by atoms with van der Waals surface area (Å²) in [6, 6.07) is 6.82. The second-order valence-corrected chi connectivity index (χ2v) is 4.56. The van der Waals surface area contributed by atoms with Gasteiger partial charge in [0, 0.05) is 0 Å². The number of nitro groups is 2. The smallest absolute Gasteiger partial charge is 0.361 e. The number of hydrogen-bond acceptors (Lipinski definition) is 6. The fraction of sp³-hybridized carbons (Fsp3) is 0. The Morgan fingerprint density at radius 3 is 1.75 bits per heavy atom. The zero-order valence-electron chi connectivity index (χ0n) is 11.7. The van der Waals surface area contributed by atoms with Crippen LogP contribution >= 0.6 is 0 Å². The highest BCUT2D eigenvalue weighted by Gasteiger charge is 2.35. The number of carbonyl (C=O) groups is 2. The molecule has 0 spiro atoms. The molecule has 0 aliphatic carbocycles. The first-order chi connectivity index (χ1) is 11.2. The van der Waals surface area contributed by atoms with Crippen LogP contribution in [0.3, 0.4) is 0 Å². The molecule has 0 bridgehead atoms. The van der Waals surface area contributed by atoms with Gasteiger partial charge >= 0.3 is 23.3 Å². The minimum atomic E-state index is -1.67. The van der Waals surface area contributed by atoms with Crippen molar-refractivity contribution in [2.24, 2.45) is 0 Å². The largest absolute Gasteiger partial charge is 0.478 e. The number of rotatable bonds is 5. The lowest BCUT2D eigenvalue weighted by molar-refractivity contribution is -0.422. The fourth-order valence-electron chi connectivity index (χ4n) is 2.15. The molecular formula is C14H8N2O8. The molecule has 2 aromatic rings. The summed E-state index contributed by atoms with van der Waals surface area (Å²) in [5, 5.41) is 40.3. The fourth-order valence-corrected chi connectivity index (χ4v) is 2.15. The summed E-state index contributed by atoms with van der Waals surface area (Å²) in [5.74, 6) is -2.87. The summed E-state index contributed by atoms with van der Waals surface area (Å²) in [6.45, 7) is 0. The molecule has 2 N–H and O–H groups in total. The molecule has 0 fully saturated rings. The zero-order valence-corrected chi connectivity index (χ0v) is 11.7. The molecule has 2 aromatic carbocycles. The normalized spacial score (nSPS) is 10.2. The molecular weight excluding hydrogens is 324 g/mol. The monoisotopic (exact) mass is 332 g/mol. The van der Waals surface area contributed by atoms with E-state index in [1.807, 2.05) is 0 Å². The Labute approximate surface area is 132 Å². The van der Waals surface area contributed by atoms with Gasteiger partial charge < -0.3 is 10.2 Å². The number of benzene rings is 2. The molecule has 0 unspecified atom stereocenters. The number of nitrogens with zero attached hydrogens (tertiary/aromatic N) is 2. The molecule has 10 nitrogen and oxygen atoms in total. The van der Waals surface area contributed by atoms with Gasteiger partial charge in [-0.15, -0.1) is 0 Å². The van der Waals surface area contributed by atoms with Crippen LogP contribution in [0.1, 0.15) is 20.7 Å². The average Bonchev–Trinajstić information content (AvgIpc) is 2.53. The molecule has 0 aliphatic rings. The predicted octanol–water partition coefficient (Wildman–Crippen LogP) is 2.57. The van der Waals surface area contributed by atoms with E-state index < -0.39 is 38.7 Å². The number of hydrogen-bond donors (Lipinski definition) is 2. The van der Waals surface area contributed by atoms with E-state index in [1.54, 1.807) is 0 Å². The number of carboxylic acids is 2. The van der Waals surface area contributed by atoms with Crippen molar-refractivity contribution in [1.29, 1.82) is 0 Å². The van der Waals surface area contributed by atoms with E-state index in [4.69, 9.17) is 10.2 Å². The van der Waals surface area contributed by atoms with Gasteiger partial charge in [-0.25, -0.2) is 9.59 Å². The van der Waals surface area contributed by atoms with E-state index in [0.29, 0.717) is 0 Å². The molecule has 0 radical (unpaired) electrons. The minimum Gasteiger partial charge on any atom is -0.478 e. The zero-order chi connectivity index (χ0) is 18.0. The maximum absolute atomic E-state index is 11.3. The highest BCUT2D eigenvalue weighted by atomic mass is 16.6. The molecule has 0 saturated heterocycles. The SMILES string of the molecule is O=C(O)c1ccc(-c2ccc(C(=O)O)c([N+](=O)[O-])c2[N+](=O)[O-])cc1. The molecule has 122 valence electrons. The van der Waals surface area contributed by atoms with Gasteiger partial charge in [-0.1, -0.05) is 12.1 Å². The molecule has 0 aliphatic heterocycles. The van der Waals surface area contributed by atoms with Crippen molar-refractivity contribution in [1.82, 2.24) is 0 Å². The van der Waals surface area contributed by atoms with Crippen LogP contribution in [0.15, 0.2) is 36.4 Å². The quantitative estimate of drug-likeness (QED) is 0.623. The number of nitro benzene ring substituents is 2. The predicted molar refractivity (Wildman–Crippen MR) is 79.1 cm³/mol. The van der Waals surface area contributed by atoms with Crippen LogP contribution < -0.4 is 0 Å². The second kappa shape index (κ2) is 6.12. The third-order valence-electron chi connectivity index (χ3n) is 3.19. The Morgan fingerprint density at radius 2 is 1.33 bits per heavy atom. The van der Waals surface area contributed by atoms with Gasteiger partial charge in [-0.05, 0) is 29.8 Å². The number of carboxylic acid groups (broad SMARTS) is 2. The molecule has 0 amide bonds. The van der Waals surface area contributed by atoms with Gasteiger partial charge in [0.1, 0.15) is 5.56 Å². The van der Waals surface area contributed by atoms with Gasteiger partial charge in [0.05, 0.1) is 21.0 Å².